The first-order valence-electron chi connectivity index (χ1n) is 7.46. The highest BCUT2D eigenvalue weighted by atomic mass is 35.5. The van der Waals surface area contributed by atoms with Crippen LogP contribution in [-0.2, 0) is 15.5 Å². The molecule has 0 amide bonds. The second-order valence-corrected chi connectivity index (χ2v) is 7.78. The van der Waals surface area contributed by atoms with E-state index in [4.69, 9.17) is 37.7 Å². The molecule has 0 atom stereocenters. The van der Waals surface area contributed by atoms with Gasteiger partial charge < -0.3 is 14.5 Å². The van der Waals surface area contributed by atoms with Crippen LogP contribution in [0.2, 0.25) is 10.0 Å². The third-order valence-electron chi connectivity index (χ3n) is 3.43. The number of hydrogen-bond acceptors (Lipinski definition) is 5. The number of halogens is 2. The van der Waals surface area contributed by atoms with Crippen LogP contribution in [0.1, 0.15) is 36.6 Å². The van der Waals surface area contributed by atoms with Gasteiger partial charge in [-0.1, -0.05) is 37.0 Å². The number of aromatic nitrogens is 2. The average molecular weight is 423 g/mol. The molecule has 0 radical (unpaired) electrons. The standard InChI is InChI=1S/C15H17Cl2N2O6P/c1-8(2)11-3-9(18-19-15(11)20)4-12-13(16)5-10(6-14(12)17)24-7-25-26(21,22)23/h3,5-6,8H,4,7H2,1-2H3,(H,19,20)(H2,21,22,23). The predicted octanol–water partition coefficient (Wildman–Crippen LogP) is 3.24. The van der Waals surface area contributed by atoms with E-state index < -0.39 is 14.6 Å². The highest BCUT2D eigenvalue weighted by molar-refractivity contribution is 7.46. The summed E-state index contributed by atoms with van der Waals surface area (Å²) in [6.07, 6.45) is 0.285. The highest BCUT2D eigenvalue weighted by Crippen LogP contribution is 2.36. The number of hydrogen-bond donors (Lipinski definition) is 3. The van der Waals surface area contributed by atoms with Crippen LogP contribution in [-0.4, -0.2) is 26.8 Å². The van der Waals surface area contributed by atoms with Gasteiger partial charge in [0.2, 0.25) is 0 Å². The van der Waals surface area contributed by atoms with Crippen molar-refractivity contribution in [2.45, 2.75) is 26.2 Å². The van der Waals surface area contributed by atoms with Gasteiger partial charge >= 0.3 is 7.82 Å². The van der Waals surface area contributed by atoms with Crippen LogP contribution in [0.15, 0.2) is 23.0 Å². The van der Waals surface area contributed by atoms with Gasteiger partial charge in [0.1, 0.15) is 5.75 Å². The van der Waals surface area contributed by atoms with E-state index in [1.807, 2.05) is 13.8 Å². The summed E-state index contributed by atoms with van der Waals surface area (Å²) in [6.45, 7) is 3.15. The minimum Gasteiger partial charge on any atom is -0.467 e. The van der Waals surface area contributed by atoms with Crippen molar-refractivity contribution in [3.63, 3.8) is 0 Å². The number of aromatic amines is 1. The molecule has 2 rings (SSSR count). The van der Waals surface area contributed by atoms with Crippen molar-refractivity contribution in [3.8, 4) is 5.75 Å². The Bertz CT molecular complexity index is 873. The molecule has 0 bridgehead atoms. The second kappa shape index (κ2) is 8.52. The second-order valence-electron chi connectivity index (χ2n) is 5.72. The molecule has 0 aliphatic heterocycles. The van der Waals surface area contributed by atoms with E-state index in [9.17, 15) is 9.36 Å². The number of nitrogens with one attached hydrogen (secondary N) is 1. The smallest absolute Gasteiger partial charge is 0.467 e. The third kappa shape index (κ3) is 5.81. The van der Waals surface area contributed by atoms with Gasteiger partial charge in [-0.25, -0.2) is 14.2 Å². The molecule has 0 saturated heterocycles. The number of benzene rings is 1. The van der Waals surface area contributed by atoms with Crippen LogP contribution < -0.4 is 10.3 Å². The zero-order valence-electron chi connectivity index (χ0n) is 13.9. The molecule has 8 nitrogen and oxygen atoms in total. The van der Waals surface area contributed by atoms with E-state index in [1.54, 1.807) is 6.07 Å². The summed E-state index contributed by atoms with van der Waals surface area (Å²) in [6, 6.07) is 4.59. The molecule has 0 unspecified atom stereocenters. The van der Waals surface area contributed by atoms with Crippen molar-refractivity contribution >= 4 is 31.0 Å². The molecule has 0 aliphatic rings. The number of phosphoric ester groups is 1. The zero-order valence-corrected chi connectivity index (χ0v) is 16.3. The maximum atomic E-state index is 11.8. The molecule has 11 heteroatoms. The van der Waals surface area contributed by atoms with Crippen LogP contribution >= 0.6 is 31.0 Å². The number of ether oxygens (including phenoxy) is 1. The first-order chi connectivity index (χ1) is 12.1. The molecule has 26 heavy (non-hydrogen) atoms. The van der Waals surface area contributed by atoms with Crippen LogP contribution in [0.4, 0.5) is 0 Å². The molecule has 2 aromatic rings. The SMILES string of the molecule is CC(C)c1cc(Cc2c(Cl)cc(OCOP(=O)(O)O)cc2Cl)n[nH]c1=O. The molecule has 0 aliphatic carbocycles. The fourth-order valence-corrected chi connectivity index (χ4v) is 2.95. The summed E-state index contributed by atoms with van der Waals surface area (Å²) in [5, 5.41) is 7.02. The topological polar surface area (TPSA) is 122 Å². The van der Waals surface area contributed by atoms with Crippen LogP contribution in [0, 0.1) is 0 Å². The Morgan fingerprint density at radius 3 is 2.38 bits per heavy atom. The molecular formula is C15H17Cl2N2O6P. The molecule has 3 N–H and O–H groups in total. The Balaban J connectivity index is 2.19. The van der Waals surface area contributed by atoms with Gasteiger partial charge in [-0.2, -0.15) is 5.10 Å². The lowest BCUT2D eigenvalue weighted by Crippen LogP contribution is -2.17. The summed E-state index contributed by atoms with van der Waals surface area (Å²) in [5.41, 5.74) is 1.54. The van der Waals surface area contributed by atoms with Gasteiger partial charge in [0.15, 0.2) is 6.79 Å². The molecular weight excluding hydrogens is 406 g/mol. The van der Waals surface area contributed by atoms with Crippen molar-refractivity contribution in [2.75, 3.05) is 6.79 Å². The van der Waals surface area contributed by atoms with E-state index in [0.717, 1.165) is 0 Å². The monoisotopic (exact) mass is 422 g/mol. The van der Waals surface area contributed by atoms with E-state index in [0.29, 0.717) is 16.8 Å². The van der Waals surface area contributed by atoms with Gasteiger partial charge in [0, 0.05) is 22.0 Å². The first-order valence-corrected chi connectivity index (χ1v) is 9.74. The number of H-pyrrole nitrogens is 1. The number of nitrogens with zero attached hydrogens (tertiary/aromatic N) is 1. The van der Waals surface area contributed by atoms with Crippen LogP contribution in [0.5, 0.6) is 5.75 Å². The largest absolute Gasteiger partial charge is 0.472 e. The van der Waals surface area contributed by atoms with Crippen molar-refractivity contribution in [2.24, 2.45) is 0 Å². The van der Waals surface area contributed by atoms with Gasteiger partial charge in [0.25, 0.3) is 5.56 Å². The van der Waals surface area contributed by atoms with E-state index in [-0.39, 0.29) is 33.7 Å². The Labute approximate surface area is 159 Å². The molecule has 0 spiro atoms. The summed E-state index contributed by atoms with van der Waals surface area (Å²) < 4.78 is 19.9. The normalized spacial score (nSPS) is 11.8. The summed E-state index contributed by atoms with van der Waals surface area (Å²) in [7, 11) is -4.63. The highest BCUT2D eigenvalue weighted by Gasteiger charge is 2.16. The van der Waals surface area contributed by atoms with E-state index in [1.165, 1.54) is 12.1 Å². The lowest BCUT2D eigenvalue weighted by Gasteiger charge is -2.12. The molecule has 0 saturated carbocycles. The van der Waals surface area contributed by atoms with Gasteiger partial charge in [-0.3, -0.25) is 4.79 Å². The molecule has 0 fully saturated rings. The number of rotatable bonds is 7. The lowest BCUT2D eigenvalue weighted by molar-refractivity contribution is 0.0829. The Kier molecular flexibility index (Phi) is 6.85. The van der Waals surface area contributed by atoms with E-state index >= 15 is 0 Å². The minimum absolute atomic E-state index is 0.0382. The Morgan fingerprint density at radius 1 is 1.23 bits per heavy atom. The average Bonchev–Trinajstić information content (AvgIpc) is 2.51. The van der Waals surface area contributed by atoms with E-state index in [2.05, 4.69) is 14.7 Å². The number of phosphoric acid groups is 1. The van der Waals surface area contributed by atoms with Crippen molar-refractivity contribution in [3.05, 3.63) is 55.4 Å². The summed E-state index contributed by atoms with van der Waals surface area (Å²) >= 11 is 12.5. The maximum Gasteiger partial charge on any atom is 0.472 e. The third-order valence-corrected chi connectivity index (χ3v) is 4.54. The first kappa shape index (κ1) is 20.9. The molecule has 142 valence electrons. The van der Waals surface area contributed by atoms with Crippen LogP contribution in [0.25, 0.3) is 0 Å². The maximum absolute atomic E-state index is 11.8. The molecule has 1 heterocycles. The van der Waals surface area contributed by atoms with Crippen molar-refractivity contribution in [1.82, 2.24) is 10.2 Å². The van der Waals surface area contributed by atoms with Gasteiger partial charge in [-0.15, -0.1) is 0 Å². The summed E-state index contributed by atoms with van der Waals surface area (Å²) in [5.74, 6) is 0.228. The van der Waals surface area contributed by atoms with Gasteiger partial charge in [0.05, 0.1) is 5.69 Å². The summed E-state index contributed by atoms with van der Waals surface area (Å²) in [4.78, 5) is 29.0. The fourth-order valence-electron chi connectivity index (χ4n) is 2.16. The Hall–Kier alpha value is -1.41. The quantitative estimate of drug-likeness (QED) is 0.462. The van der Waals surface area contributed by atoms with Gasteiger partial charge in [-0.05, 0) is 29.7 Å². The molecule has 1 aromatic heterocycles. The Morgan fingerprint density at radius 2 is 1.85 bits per heavy atom. The lowest BCUT2D eigenvalue weighted by atomic mass is 10.0. The predicted molar refractivity (Wildman–Crippen MR) is 96.8 cm³/mol. The van der Waals surface area contributed by atoms with Crippen molar-refractivity contribution in [1.29, 1.82) is 0 Å². The minimum atomic E-state index is -4.63. The van der Waals surface area contributed by atoms with Crippen LogP contribution in [0.3, 0.4) is 0 Å². The zero-order chi connectivity index (χ0) is 19.5. The molecule has 1 aromatic carbocycles. The fraction of sp³-hybridized carbons (Fsp3) is 0.333. The van der Waals surface area contributed by atoms with Crippen molar-refractivity contribution < 1.29 is 23.6 Å².